The number of rotatable bonds is 6. The third kappa shape index (κ3) is 4.36. The largest absolute Gasteiger partial charge is 0.494 e. The molecule has 30 heavy (non-hydrogen) atoms. The number of carbonyl (C=O) groups is 1. The predicted molar refractivity (Wildman–Crippen MR) is 113 cm³/mol. The van der Waals surface area contributed by atoms with Gasteiger partial charge in [0.2, 0.25) is 11.7 Å². The van der Waals surface area contributed by atoms with Crippen molar-refractivity contribution in [2.75, 3.05) is 32.8 Å². The van der Waals surface area contributed by atoms with Crippen molar-refractivity contribution < 1.29 is 14.1 Å². The Kier molecular flexibility index (Phi) is 6.09. The highest BCUT2D eigenvalue weighted by atomic mass is 16.5. The molecule has 1 saturated heterocycles. The number of nitrogens with zero attached hydrogens (tertiary/aromatic N) is 4. The van der Waals surface area contributed by atoms with Gasteiger partial charge in [0.1, 0.15) is 5.75 Å². The van der Waals surface area contributed by atoms with Crippen LogP contribution in [0.5, 0.6) is 5.75 Å². The van der Waals surface area contributed by atoms with Crippen molar-refractivity contribution in [1.82, 2.24) is 19.9 Å². The second kappa shape index (κ2) is 9.09. The molecule has 7 heteroatoms. The minimum Gasteiger partial charge on any atom is -0.494 e. The highest BCUT2D eigenvalue weighted by molar-refractivity contribution is 5.94. The van der Waals surface area contributed by atoms with Gasteiger partial charge in [-0.1, -0.05) is 41.6 Å². The minimum absolute atomic E-state index is 0.00602. The number of benzene rings is 2. The monoisotopic (exact) mass is 406 g/mol. The summed E-state index contributed by atoms with van der Waals surface area (Å²) in [6.45, 7) is 7.38. The van der Waals surface area contributed by atoms with Crippen molar-refractivity contribution in [2.24, 2.45) is 0 Å². The number of amides is 1. The second-order valence-corrected chi connectivity index (χ2v) is 7.29. The SMILES string of the molecule is CCOc1cccc(C(=O)N2CCN(C(C)c3nc(-c4ccccc4)no3)CC2)c1. The Morgan fingerprint density at radius 1 is 1.10 bits per heavy atom. The zero-order valence-corrected chi connectivity index (χ0v) is 17.3. The van der Waals surface area contributed by atoms with Crippen molar-refractivity contribution in [3.8, 4) is 17.1 Å². The minimum atomic E-state index is -0.00602. The van der Waals surface area contributed by atoms with E-state index in [1.165, 1.54) is 0 Å². The molecule has 0 aliphatic carbocycles. The summed E-state index contributed by atoms with van der Waals surface area (Å²) in [4.78, 5) is 21.6. The van der Waals surface area contributed by atoms with Gasteiger partial charge in [0.25, 0.3) is 5.91 Å². The lowest BCUT2D eigenvalue weighted by Gasteiger charge is -2.36. The molecule has 2 heterocycles. The summed E-state index contributed by atoms with van der Waals surface area (Å²) in [7, 11) is 0. The first-order chi connectivity index (χ1) is 14.7. The molecule has 1 atom stereocenters. The number of piperazine rings is 1. The van der Waals surface area contributed by atoms with Crippen LogP contribution < -0.4 is 4.74 Å². The molecule has 4 rings (SSSR count). The van der Waals surface area contributed by atoms with Crippen LogP contribution in [0.1, 0.15) is 36.1 Å². The molecule has 1 fully saturated rings. The summed E-state index contributed by atoms with van der Waals surface area (Å²) in [5.74, 6) is 1.95. The fourth-order valence-corrected chi connectivity index (χ4v) is 3.65. The van der Waals surface area contributed by atoms with Crippen molar-refractivity contribution in [1.29, 1.82) is 0 Å². The van der Waals surface area contributed by atoms with Gasteiger partial charge in [-0.05, 0) is 32.0 Å². The van der Waals surface area contributed by atoms with Gasteiger partial charge < -0.3 is 14.2 Å². The molecule has 0 bridgehead atoms. The van der Waals surface area contributed by atoms with Crippen LogP contribution in [0.25, 0.3) is 11.4 Å². The molecule has 2 aromatic carbocycles. The first kappa shape index (κ1) is 20.1. The fraction of sp³-hybridized carbons (Fsp3) is 0.348. The lowest BCUT2D eigenvalue weighted by Crippen LogP contribution is -2.49. The highest BCUT2D eigenvalue weighted by Gasteiger charge is 2.28. The molecule has 1 unspecified atom stereocenters. The molecule has 0 spiro atoms. The maximum Gasteiger partial charge on any atom is 0.254 e. The van der Waals surface area contributed by atoms with Gasteiger partial charge in [0.15, 0.2) is 0 Å². The molecule has 3 aromatic rings. The average molecular weight is 406 g/mol. The van der Waals surface area contributed by atoms with Crippen molar-refractivity contribution in [3.05, 3.63) is 66.1 Å². The van der Waals surface area contributed by atoms with Crippen LogP contribution in [-0.4, -0.2) is 58.6 Å². The maximum atomic E-state index is 12.9. The molecular formula is C23H26N4O3. The van der Waals surface area contributed by atoms with E-state index in [0.29, 0.717) is 37.0 Å². The summed E-state index contributed by atoms with van der Waals surface area (Å²) in [6, 6.07) is 17.2. The van der Waals surface area contributed by atoms with E-state index in [1.54, 1.807) is 0 Å². The second-order valence-electron chi connectivity index (χ2n) is 7.29. The molecule has 7 nitrogen and oxygen atoms in total. The third-order valence-corrected chi connectivity index (χ3v) is 5.37. The lowest BCUT2D eigenvalue weighted by atomic mass is 10.1. The van der Waals surface area contributed by atoms with Crippen molar-refractivity contribution in [2.45, 2.75) is 19.9 Å². The van der Waals surface area contributed by atoms with E-state index < -0.39 is 0 Å². The molecule has 156 valence electrons. The normalized spacial score (nSPS) is 15.7. The van der Waals surface area contributed by atoms with E-state index in [-0.39, 0.29) is 11.9 Å². The molecular weight excluding hydrogens is 380 g/mol. The summed E-state index contributed by atoms with van der Waals surface area (Å²) < 4.78 is 11.0. The third-order valence-electron chi connectivity index (χ3n) is 5.37. The topological polar surface area (TPSA) is 71.7 Å². The van der Waals surface area contributed by atoms with Crippen LogP contribution in [0, 0.1) is 0 Å². The molecule has 1 amide bonds. The zero-order chi connectivity index (χ0) is 20.9. The summed E-state index contributed by atoms with van der Waals surface area (Å²) >= 11 is 0. The Morgan fingerprint density at radius 3 is 2.60 bits per heavy atom. The summed E-state index contributed by atoms with van der Waals surface area (Å²) in [6.07, 6.45) is 0. The molecule has 1 aliphatic heterocycles. The van der Waals surface area contributed by atoms with Gasteiger partial charge in [0.05, 0.1) is 12.6 Å². The molecule has 1 aliphatic rings. The van der Waals surface area contributed by atoms with E-state index in [1.807, 2.05) is 66.4 Å². The van der Waals surface area contributed by atoms with E-state index >= 15 is 0 Å². The Bertz CT molecular complexity index is 981. The van der Waals surface area contributed by atoms with Crippen molar-refractivity contribution >= 4 is 5.91 Å². The number of hydrogen-bond donors (Lipinski definition) is 0. The van der Waals surface area contributed by atoms with Gasteiger partial charge in [-0.3, -0.25) is 9.69 Å². The summed E-state index contributed by atoms with van der Waals surface area (Å²) in [5.41, 5.74) is 1.59. The van der Waals surface area contributed by atoms with Gasteiger partial charge in [-0.2, -0.15) is 4.98 Å². The number of aromatic nitrogens is 2. The van der Waals surface area contributed by atoms with Crippen LogP contribution in [0.2, 0.25) is 0 Å². The smallest absolute Gasteiger partial charge is 0.254 e. The van der Waals surface area contributed by atoms with Crippen LogP contribution in [0.4, 0.5) is 0 Å². The number of ether oxygens (including phenoxy) is 1. The van der Waals surface area contributed by atoms with Gasteiger partial charge in [0, 0.05) is 37.3 Å². The van der Waals surface area contributed by atoms with E-state index in [4.69, 9.17) is 9.26 Å². The molecule has 0 radical (unpaired) electrons. The quantitative estimate of drug-likeness (QED) is 0.622. The van der Waals surface area contributed by atoms with Gasteiger partial charge in [-0.15, -0.1) is 0 Å². The van der Waals surface area contributed by atoms with E-state index in [9.17, 15) is 4.79 Å². The Labute approximate surface area is 176 Å². The first-order valence-corrected chi connectivity index (χ1v) is 10.3. The van der Waals surface area contributed by atoms with Crippen molar-refractivity contribution in [3.63, 3.8) is 0 Å². The van der Waals surface area contributed by atoms with E-state index in [0.717, 1.165) is 24.4 Å². The standard InChI is InChI=1S/C23H26N4O3/c1-3-29-20-11-7-10-19(16-20)23(28)27-14-12-26(13-15-27)17(2)22-24-21(25-30-22)18-8-5-4-6-9-18/h4-11,16-17H,3,12-15H2,1-2H3. The van der Waals surface area contributed by atoms with Gasteiger partial charge >= 0.3 is 0 Å². The highest BCUT2D eigenvalue weighted by Crippen LogP contribution is 2.24. The van der Waals surface area contributed by atoms with Crippen LogP contribution in [0.3, 0.4) is 0 Å². The number of hydrogen-bond acceptors (Lipinski definition) is 6. The molecule has 1 aromatic heterocycles. The number of carbonyl (C=O) groups excluding carboxylic acids is 1. The zero-order valence-electron chi connectivity index (χ0n) is 17.3. The lowest BCUT2D eigenvalue weighted by molar-refractivity contribution is 0.0551. The Morgan fingerprint density at radius 2 is 1.87 bits per heavy atom. The summed E-state index contributed by atoms with van der Waals surface area (Å²) in [5, 5.41) is 4.12. The fourth-order valence-electron chi connectivity index (χ4n) is 3.65. The Balaban J connectivity index is 1.37. The first-order valence-electron chi connectivity index (χ1n) is 10.3. The molecule has 0 N–H and O–H groups in total. The van der Waals surface area contributed by atoms with Gasteiger partial charge in [-0.25, -0.2) is 0 Å². The van der Waals surface area contributed by atoms with Crippen LogP contribution in [-0.2, 0) is 0 Å². The molecule has 0 saturated carbocycles. The van der Waals surface area contributed by atoms with E-state index in [2.05, 4.69) is 22.0 Å². The average Bonchev–Trinajstić information content (AvgIpc) is 3.30. The van der Waals surface area contributed by atoms with Crippen LogP contribution in [0.15, 0.2) is 59.1 Å². The Hall–Kier alpha value is -3.19. The maximum absolute atomic E-state index is 12.9. The predicted octanol–water partition coefficient (Wildman–Crippen LogP) is 3.65. The van der Waals surface area contributed by atoms with Crippen LogP contribution >= 0.6 is 0 Å².